The van der Waals surface area contributed by atoms with Crippen molar-refractivity contribution in [1.82, 2.24) is 10.2 Å². The molecule has 2 rings (SSSR count). The molecule has 0 saturated heterocycles. The fraction of sp³-hybridized carbons (Fsp3) is 0.417. The van der Waals surface area contributed by atoms with Gasteiger partial charge in [0, 0.05) is 23.4 Å². The van der Waals surface area contributed by atoms with E-state index in [0.29, 0.717) is 29.5 Å². The van der Waals surface area contributed by atoms with Gasteiger partial charge in [0.15, 0.2) is 0 Å². The zero-order valence-electron chi connectivity index (χ0n) is 18.6. The van der Waals surface area contributed by atoms with E-state index >= 15 is 0 Å². The molecule has 0 saturated carbocycles. The van der Waals surface area contributed by atoms with Gasteiger partial charge in [0.1, 0.15) is 11.8 Å². The van der Waals surface area contributed by atoms with E-state index in [9.17, 15) is 9.59 Å². The SMILES string of the molecule is CC[C@H](C(=O)NC(C)C)N(Cc1ccc(Cl)cc1)C(=O)CSCc1ccc(OC)cc1. The largest absolute Gasteiger partial charge is 0.497 e. The Kier molecular flexibility index (Phi) is 10.2. The van der Waals surface area contributed by atoms with Crippen LogP contribution in [0.15, 0.2) is 48.5 Å². The summed E-state index contributed by atoms with van der Waals surface area (Å²) in [6, 6.07) is 14.7. The van der Waals surface area contributed by atoms with Gasteiger partial charge < -0.3 is 15.0 Å². The van der Waals surface area contributed by atoms with Gasteiger partial charge in [0.25, 0.3) is 0 Å². The maximum Gasteiger partial charge on any atom is 0.243 e. The molecule has 0 heterocycles. The molecule has 7 heteroatoms. The van der Waals surface area contributed by atoms with Crippen LogP contribution in [-0.2, 0) is 21.9 Å². The molecule has 168 valence electrons. The number of benzene rings is 2. The van der Waals surface area contributed by atoms with Gasteiger partial charge in [0.2, 0.25) is 11.8 Å². The molecule has 0 radical (unpaired) electrons. The Morgan fingerprint density at radius 2 is 1.68 bits per heavy atom. The van der Waals surface area contributed by atoms with Crippen LogP contribution in [0.25, 0.3) is 0 Å². The number of nitrogens with zero attached hydrogens (tertiary/aromatic N) is 1. The van der Waals surface area contributed by atoms with Crippen molar-refractivity contribution in [3.05, 3.63) is 64.7 Å². The molecule has 5 nitrogen and oxygen atoms in total. The first-order valence-electron chi connectivity index (χ1n) is 10.4. The van der Waals surface area contributed by atoms with E-state index < -0.39 is 6.04 Å². The fourth-order valence-electron chi connectivity index (χ4n) is 3.15. The van der Waals surface area contributed by atoms with E-state index in [1.807, 2.05) is 57.2 Å². The van der Waals surface area contributed by atoms with Crippen LogP contribution < -0.4 is 10.1 Å². The number of ether oxygens (including phenoxy) is 1. The van der Waals surface area contributed by atoms with Crippen molar-refractivity contribution in [2.24, 2.45) is 0 Å². The van der Waals surface area contributed by atoms with Crippen molar-refractivity contribution >= 4 is 35.2 Å². The number of carbonyl (C=O) groups is 2. The Morgan fingerprint density at radius 3 is 2.23 bits per heavy atom. The average Bonchev–Trinajstić information content (AvgIpc) is 2.75. The molecule has 0 fully saturated rings. The highest BCUT2D eigenvalue weighted by atomic mass is 35.5. The molecule has 31 heavy (non-hydrogen) atoms. The predicted octanol–water partition coefficient (Wildman–Crippen LogP) is 4.91. The Bertz CT molecular complexity index is 841. The fourth-order valence-corrected chi connectivity index (χ4v) is 4.14. The molecular weight excluding hydrogens is 432 g/mol. The number of halogens is 1. The first-order valence-corrected chi connectivity index (χ1v) is 11.9. The zero-order valence-corrected chi connectivity index (χ0v) is 20.1. The van der Waals surface area contributed by atoms with Crippen LogP contribution in [-0.4, -0.2) is 41.7 Å². The van der Waals surface area contributed by atoms with Gasteiger partial charge >= 0.3 is 0 Å². The summed E-state index contributed by atoms with van der Waals surface area (Å²) in [5, 5.41) is 3.58. The Balaban J connectivity index is 2.09. The molecule has 0 aromatic heterocycles. The van der Waals surface area contributed by atoms with Gasteiger partial charge in [-0.05, 0) is 55.7 Å². The number of methoxy groups -OCH3 is 1. The third kappa shape index (κ3) is 8.11. The quantitative estimate of drug-likeness (QED) is 0.515. The molecule has 0 bridgehead atoms. The number of carbonyl (C=O) groups excluding carboxylic acids is 2. The molecule has 1 atom stereocenters. The number of thioether (sulfide) groups is 1. The minimum absolute atomic E-state index is 0.0125. The third-order valence-corrected chi connectivity index (χ3v) is 5.98. The molecule has 2 aromatic rings. The summed E-state index contributed by atoms with van der Waals surface area (Å²) in [6.07, 6.45) is 0.543. The van der Waals surface area contributed by atoms with Gasteiger partial charge in [-0.25, -0.2) is 0 Å². The highest BCUT2D eigenvalue weighted by Gasteiger charge is 2.28. The lowest BCUT2D eigenvalue weighted by Gasteiger charge is -2.31. The summed E-state index contributed by atoms with van der Waals surface area (Å²) in [4.78, 5) is 27.6. The van der Waals surface area contributed by atoms with E-state index in [2.05, 4.69) is 5.32 Å². The highest BCUT2D eigenvalue weighted by Crippen LogP contribution is 2.20. The van der Waals surface area contributed by atoms with Gasteiger partial charge in [-0.2, -0.15) is 0 Å². The normalized spacial score (nSPS) is 11.8. The zero-order chi connectivity index (χ0) is 22.8. The van der Waals surface area contributed by atoms with Crippen molar-refractivity contribution in [2.45, 2.75) is 51.6 Å². The lowest BCUT2D eigenvalue weighted by atomic mass is 10.1. The number of hydrogen-bond donors (Lipinski definition) is 1. The van der Waals surface area contributed by atoms with E-state index in [1.165, 1.54) is 11.8 Å². The number of nitrogens with one attached hydrogen (secondary N) is 1. The minimum Gasteiger partial charge on any atom is -0.497 e. The maximum atomic E-state index is 13.2. The summed E-state index contributed by atoms with van der Waals surface area (Å²) in [6.45, 7) is 6.13. The minimum atomic E-state index is -0.521. The van der Waals surface area contributed by atoms with Crippen LogP contribution >= 0.6 is 23.4 Å². The molecule has 1 N–H and O–H groups in total. The van der Waals surface area contributed by atoms with Crippen molar-refractivity contribution in [3.63, 3.8) is 0 Å². The van der Waals surface area contributed by atoms with E-state index in [-0.39, 0.29) is 17.9 Å². The summed E-state index contributed by atoms with van der Waals surface area (Å²) in [5.41, 5.74) is 2.06. The molecule has 2 aromatic carbocycles. The molecule has 0 unspecified atom stereocenters. The Labute approximate surface area is 194 Å². The summed E-state index contributed by atoms with van der Waals surface area (Å²) >= 11 is 7.54. The van der Waals surface area contributed by atoms with Gasteiger partial charge in [-0.15, -0.1) is 11.8 Å². The number of amides is 2. The van der Waals surface area contributed by atoms with E-state index in [1.54, 1.807) is 24.1 Å². The second kappa shape index (κ2) is 12.6. The second-order valence-electron chi connectivity index (χ2n) is 7.58. The molecular formula is C24H31ClN2O3S. The van der Waals surface area contributed by atoms with Gasteiger partial charge in [-0.3, -0.25) is 9.59 Å². The summed E-state index contributed by atoms with van der Waals surface area (Å²) < 4.78 is 5.18. The van der Waals surface area contributed by atoms with Crippen molar-refractivity contribution < 1.29 is 14.3 Å². The van der Waals surface area contributed by atoms with Crippen molar-refractivity contribution in [3.8, 4) is 5.75 Å². The molecule has 2 amide bonds. The molecule has 0 aliphatic rings. The topological polar surface area (TPSA) is 58.6 Å². The average molecular weight is 463 g/mol. The predicted molar refractivity (Wildman–Crippen MR) is 129 cm³/mol. The first kappa shape index (κ1) is 25.1. The lowest BCUT2D eigenvalue weighted by Crippen LogP contribution is -2.50. The maximum absolute atomic E-state index is 13.2. The van der Waals surface area contributed by atoms with Crippen molar-refractivity contribution in [2.75, 3.05) is 12.9 Å². The van der Waals surface area contributed by atoms with Crippen LogP contribution in [0.2, 0.25) is 5.02 Å². The smallest absolute Gasteiger partial charge is 0.243 e. The number of rotatable bonds is 11. The van der Waals surface area contributed by atoms with Gasteiger partial charge in [0.05, 0.1) is 12.9 Å². The van der Waals surface area contributed by atoms with Crippen LogP contribution in [0.3, 0.4) is 0 Å². The summed E-state index contributed by atoms with van der Waals surface area (Å²) in [5.74, 6) is 1.63. The van der Waals surface area contributed by atoms with Crippen LogP contribution in [0.1, 0.15) is 38.3 Å². The molecule has 0 spiro atoms. The third-order valence-electron chi connectivity index (χ3n) is 4.74. The highest BCUT2D eigenvalue weighted by molar-refractivity contribution is 7.99. The van der Waals surface area contributed by atoms with Crippen LogP contribution in [0.5, 0.6) is 5.75 Å². The number of hydrogen-bond acceptors (Lipinski definition) is 4. The van der Waals surface area contributed by atoms with Crippen LogP contribution in [0.4, 0.5) is 0 Å². The molecule has 0 aliphatic heterocycles. The Morgan fingerprint density at radius 1 is 1.06 bits per heavy atom. The van der Waals surface area contributed by atoms with E-state index in [0.717, 1.165) is 16.9 Å². The summed E-state index contributed by atoms with van der Waals surface area (Å²) in [7, 11) is 1.64. The first-order chi connectivity index (χ1) is 14.8. The second-order valence-corrected chi connectivity index (χ2v) is 9.00. The van der Waals surface area contributed by atoms with Crippen molar-refractivity contribution in [1.29, 1.82) is 0 Å². The standard InChI is InChI=1S/C24H31ClN2O3S/c1-5-22(24(29)26-17(2)3)27(14-18-6-10-20(25)11-7-18)23(28)16-31-15-19-8-12-21(30-4)13-9-19/h6-13,17,22H,5,14-16H2,1-4H3,(H,26,29)/t22-/m1/s1. The lowest BCUT2D eigenvalue weighted by molar-refractivity contribution is -0.139. The monoisotopic (exact) mass is 462 g/mol. The van der Waals surface area contributed by atoms with Crippen LogP contribution in [0, 0.1) is 0 Å². The Hall–Kier alpha value is -2.18. The van der Waals surface area contributed by atoms with E-state index in [4.69, 9.17) is 16.3 Å². The molecule has 0 aliphatic carbocycles. The van der Waals surface area contributed by atoms with Gasteiger partial charge in [-0.1, -0.05) is 42.8 Å².